The van der Waals surface area contributed by atoms with Gasteiger partial charge in [0.1, 0.15) is 0 Å². The fourth-order valence-electron chi connectivity index (χ4n) is 2.63. The van der Waals surface area contributed by atoms with Gasteiger partial charge in [0, 0.05) is 11.1 Å². The molecular formula is C19H12Cl6N4O5. The molecule has 34 heavy (non-hydrogen) atoms. The SMILES string of the molecule is NC(=O)N(C(=O)C(Cl)(Cl)Cl)c1ccc(C(=O)c2ccc(N(C(N)=O)C(=O)C(Cl)(Cl)Cl)cc2)cc1. The molecule has 0 spiro atoms. The van der Waals surface area contributed by atoms with E-state index in [0.717, 1.165) is 0 Å². The van der Waals surface area contributed by atoms with Crippen molar-refractivity contribution in [1.82, 2.24) is 0 Å². The lowest BCUT2D eigenvalue weighted by molar-refractivity contribution is -0.117. The number of nitrogens with two attached hydrogens (primary N) is 2. The second-order valence-electron chi connectivity index (χ2n) is 6.38. The molecule has 0 aliphatic rings. The second kappa shape index (κ2) is 10.6. The molecule has 0 atom stereocenters. The van der Waals surface area contributed by atoms with Crippen molar-refractivity contribution in [3.05, 3.63) is 59.7 Å². The fraction of sp³-hybridized carbons (Fsp3) is 0.105. The molecule has 0 radical (unpaired) electrons. The van der Waals surface area contributed by atoms with Crippen molar-refractivity contribution < 1.29 is 24.0 Å². The zero-order valence-corrected chi connectivity index (χ0v) is 21.0. The van der Waals surface area contributed by atoms with E-state index in [-0.39, 0.29) is 22.5 Å². The van der Waals surface area contributed by atoms with Gasteiger partial charge in [-0.1, -0.05) is 69.6 Å². The fourth-order valence-corrected chi connectivity index (χ4v) is 3.14. The van der Waals surface area contributed by atoms with Crippen LogP contribution in [0.3, 0.4) is 0 Å². The molecule has 0 saturated carbocycles. The number of hydrogen-bond acceptors (Lipinski definition) is 5. The van der Waals surface area contributed by atoms with Crippen LogP contribution < -0.4 is 21.3 Å². The number of carbonyl (C=O) groups is 5. The van der Waals surface area contributed by atoms with Crippen molar-refractivity contribution in [2.24, 2.45) is 11.5 Å². The van der Waals surface area contributed by atoms with Crippen LogP contribution in [-0.2, 0) is 9.59 Å². The maximum Gasteiger partial charge on any atom is 0.326 e. The number of urea groups is 2. The van der Waals surface area contributed by atoms with Crippen molar-refractivity contribution in [1.29, 1.82) is 0 Å². The Morgan fingerprint density at radius 1 is 0.559 bits per heavy atom. The third kappa shape index (κ3) is 6.44. The first-order chi connectivity index (χ1) is 15.6. The van der Waals surface area contributed by atoms with Gasteiger partial charge in [-0.15, -0.1) is 0 Å². The first-order valence-corrected chi connectivity index (χ1v) is 11.0. The molecule has 0 aliphatic carbocycles. The van der Waals surface area contributed by atoms with Gasteiger partial charge in [-0.3, -0.25) is 14.4 Å². The molecule has 0 bridgehead atoms. The van der Waals surface area contributed by atoms with E-state index in [1.54, 1.807) is 0 Å². The largest absolute Gasteiger partial charge is 0.351 e. The number of hydrogen-bond donors (Lipinski definition) is 2. The number of halogens is 6. The predicted molar refractivity (Wildman–Crippen MR) is 131 cm³/mol. The van der Waals surface area contributed by atoms with Crippen molar-refractivity contribution in [3.8, 4) is 0 Å². The summed E-state index contributed by atoms with van der Waals surface area (Å²) in [4.78, 5) is 61.4. The lowest BCUT2D eigenvalue weighted by atomic mass is 10.0. The Hall–Kier alpha value is -2.27. The smallest absolute Gasteiger partial charge is 0.326 e. The first-order valence-electron chi connectivity index (χ1n) is 8.72. The number of carbonyl (C=O) groups excluding carboxylic acids is 5. The average molecular weight is 589 g/mol. The molecule has 0 aromatic heterocycles. The zero-order chi connectivity index (χ0) is 26.0. The summed E-state index contributed by atoms with van der Waals surface area (Å²) in [7, 11) is 0. The van der Waals surface area contributed by atoms with Gasteiger partial charge >= 0.3 is 12.1 Å². The van der Waals surface area contributed by atoms with Crippen LogP contribution in [0.4, 0.5) is 21.0 Å². The van der Waals surface area contributed by atoms with E-state index in [4.69, 9.17) is 81.1 Å². The third-order valence-electron chi connectivity index (χ3n) is 4.11. The molecular weight excluding hydrogens is 577 g/mol. The summed E-state index contributed by atoms with van der Waals surface area (Å²) in [5, 5.41) is 0. The number of imide groups is 2. The van der Waals surface area contributed by atoms with Crippen LogP contribution in [0.1, 0.15) is 15.9 Å². The summed E-state index contributed by atoms with van der Waals surface area (Å²) in [6, 6.07) is 7.78. The molecule has 9 nitrogen and oxygen atoms in total. The summed E-state index contributed by atoms with van der Waals surface area (Å²) < 4.78 is -4.89. The Balaban J connectivity index is 2.31. The summed E-state index contributed by atoms with van der Waals surface area (Å²) in [5.74, 6) is -2.90. The topological polar surface area (TPSA) is 144 Å². The van der Waals surface area contributed by atoms with E-state index < -0.39 is 37.2 Å². The summed E-state index contributed by atoms with van der Waals surface area (Å²) >= 11 is 33.2. The van der Waals surface area contributed by atoms with Crippen LogP contribution in [0.15, 0.2) is 48.5 Å². The number of amides is 6. The summed E-state index contributed by atoms with van der Waals surface area (Å²) in [6.45, 7) is 0. The Bertz CT molecular complexity index is 1050. The van der Waals surface area contributed by atoms with E-state index in [0.29, 0.717) is 9.80 Å². The number of anilines is 2. The second-order valence-corrected chi connectivity index (χ2v) is 10.9. The van der Waals surface area contributed by atoms with E-state index in [2.05, 4.69) is 0 Å². The highest BCUT2D eigenvalue weighted by molar-refractivity contribution is 6.78. The normalized spacial score (nSPS) is 11.5. The van der Waals surface area contributed by atoms with E-state index in [1.807, 2.05) is 0 Å². The minimum absolute atomic E-state index is 0.0435. The molecule has 0 heterocycles. The van der Waals surface area contributed by atoms with Crippen LogP contribution in [0, 0.1) is 0 Å². The third-order valence-corrected chi connectivity index (χ3v) is 5.08. The predicted octanol–water partition coefficient (Wildman–Crippen LogP) is 4.48. The minimum Gasteiger partial charge on any atom is -0.351 e. The van der Waals surface area contributed by atoms with Crippen LogP contribution in [0.2, 0.25) is 0 Å². The maximum atomic E-state index is 12.8. The van der Waals surface area contributed by atoms with E-state index in [1.165, 1.54) is 48.5 Å². The Kier molecular flexibility index (Phi) is 8.68. The lowest BCUT2D eigenvalue weighted by Crippen LogP contribution is -2.46. The number of benzene rings is 2. The van der Waals surface area contributed by atoms with Crippen LogP contribution in [-0.4, -0.2) is 37.2 Å². The molecule has 0 unspecified atom stereocenters. The molecule has 0 saturated heterocycles. The molecule has 4 N–H and O–H groups in total. The van der Waals surface area contributed by atoms with Gasteiger partial charge in [0.2, 0.25) is 0 Å². The molecule has 2 aromatic rings. The van der Waals surface area contributed by atoms with Gasteiger partial charge in [-0.25, -0.2) is 19.4 Å². The van der Waals surface area contributed by atoms with Crippen LogP contribution in [0.25, 0.3) is 0 Å². The first kappa shape index (κ1) is 28.0. The van der Waals surface area contributed by atoms with Crippen molar-refractivity contribution in [2.45, 2.75) is 7.59 Å². The zero-order valence-electron chi connectivity index (χ0n) is 16.5. The number of primary amides is 2. The van der Waals surface area contributed by atoms with Gasteiger partial charge in [-0.2, -0.15) is 0 Å². The molecule has 2 rings (SSSR count). The lowest BCUT2D eigenvalue weighted by Gasteiger charge is -2.22. The van der Waals surface area contributed by atoms with E-state index >= 15 is 0 Å². The Morgan fingerprint density at radius 2 is 0.824 bits per heavy atom. The number of rotatable bonds is 4. The highest BCUT2D eigenvalue weighted by Gasteiger charge is 2.39. The number of nitrogens with zero attached hydrogens (tertiary/aromatic N) is 2. The minimum atomic E-state index is -2.44. The van der Waals surface area contributed by atoms with Crippen molar-refractivity contribution in [3.63, 3.8) is 0 Å². The molecule has 0 fully saturated rings. The monoisotopic (exact) mass is 586 g/mol. The summed E-state index contributed by atoms with van der Waals surface area (Å²) in [5.41, 5.74) is 10.6. The molecule has 180 valence electrons. The van der Waals surface area contributed by atoms with Crippen LogP contribution >= 0.6 is 69.6 Å². The molecule has 15 heteroatoms. The van der Waals surface area contributed by atoms with Crippen molar-refractivity contribution in [2.75, 3.05) is 9.80 Å². The van der Waals surface area contributed by atoms with Crippen molar-refractivity contribution >= 4 is 111 Å². The Labute approximate surface area is 222 Å². The van der Waals surface area contributed by atoms with E-state index in [9.17, 15) is 24.0 Å². The van der Waals surface area contributed by atoms with Gasteiger partial charge in [-0.05, 0) is 48.5 Å². The summed E-state index contributed by atoms with van der Waals surface area (Å²) in [6.07, 6.45) is 0. The quantitative estimate of drug-likeness (QED) is 0.400. The number of alkyl halides is 6. The molecule has 2 aromatic carbocycles. The molecule has 6 amide bonds. The van der Waals surface area contributed by atoms with Gasteiger partial charge in [0.25, 0.3) is 19.4 Å². The van der Waals surface area contributed by atoms with Gasteiger partial charge in [0.15, 0.2) is 5.78 Å². The molecule has 0 aliphatic heterocycles. The average Bonchev–Trinajstić information content (AvgIpc) is 2.72. The standard InChI is InChI=1S/C19H12Cl6N4O5/c20-18(21,22)14(31)28(16(26)33)11-5-1-9(2-6-11)13(30)10-3-7-12(8-4-10)29(17(27)34)15(32)19(23,24)25/h1-8H,(H2,26,33)(H2,27,34). The highest BCUT2D eigenvalue weighted by Crippen LogP contribution is 2.32. The highest BCUT2D eigenvalue weighted by atomic mass is 35.6. The van der Waals surface area contributed by atoms with Gasteiger partial charge < -0.3 is 11.5 Å². The van der Waals surface area contributed by atoms with Crippen LogP contribution in [0.5, 0.6) is 0 Å². The number of ketones is 1. The Morgan fingerprint density at radius 3 is 1.03 bits per heavy atom. The maximum absolute atomic E-state index is 12.8. The van der Waals surface area contributed by atoms with Gasteiger partial charge in [0.05, 0.1) is 11.4 Å².